The molecule has 1 amide bonds. The summed E-state index contributed by atoms with van der Waals surface area (Å²) >= 11 is 5.62. The molecule has 2 saturated heterocycles. The van der Waals surface area contributed by atoms with Gasteiger partial charge in [-0.15, -0.1) is 11.6 Å². The van der Waals surface area contributed by atoms with Crippen LogP contribution in [0.25, 0.3) is 0 Å². The Hall–Kier alpha value is -0.280. The fourth-order valence-electron chi connectivity index (χ4n) is 2.93. The molecule has 3 nitrogen and oxygen atoms in total. The van der Waals surface area contributed by atoms with E-state index < -0.39 is 0 Å². The van der Waals surface area contributed by atoms with Crippen molar-refractivity contribution in [3.05, 3.63) is 0 Å². The summed E-state index contributed by atoms with van der Waals surface area (Å²) in [5.74, 6) is 0.889. The van der Waals surface area contributed by atoms with E-state index >= 15 is 0 Å². The summed E-state index contributed by atoms with van der Waals surface area (Å²) in [6.07, 6.45) is 6.63. The highest BCUT2D eigenvalue weighted by Crippen LogP contribution is 2.20. The number of amides is 1. The van der Waals surface area contributed by atoms with Crippen molar-refractivity contribution in [1.29, 1.82) is 0 Å². The molecule has 2 aliphatic rings. The largest absolute Gasteiger partial charge is 0.341 e. The molecule has 0 aromatic carbocycles. The van der Waals surface area contributed by atoms with Crippen LogP contribution in [0.4, 0.5) is 0 Å². The molecule has 2 fully saturated rings. The second kappa shape index (κ2) is 6.60. The van der Waals surface area contributed by atoms with Crippen molar-refractivity contribution in [1.82, 2.24) is 9.80 Å². The first kappa shape index (κ1) is 13.2. The molecule has 17 heavy (non-hydrogen) atoms. The lowest BCUT2D eigenvalue weighted by Gasteiger charge is -2.32. The molecular weight excluding hydrogens is 236 g/mol. The van der Waals surface area contributed by atoms with Crippen molar-refractivity contribution in [2.45, 2.75) is 44.6 Å². The average molecular weight is 259 g/mol. The Morgan fingerprint density at radius 3 is 2.65 bits per heavy atom. The summed E-state index contributed by atoms with van der Waals surface area (Å²) in [6.45, 7) is 4.35. The molecule has 0 spiro atoms. The van der Waals surface area contributed by atoms with Crippen LogP contribution in [0.5, 0.6) is 0 Å². The second-order valence-corrected chi connectivity index (χ2v) is 5.55. The SMILES string of the molecule is O=C(CCCCl)N1CCC(N2CCCCC2)C1. The van der Waals surface area contributed by atoms with Crippen LogP contribution in [-0.4, -0.2) is 53.8 Å². The maximum atomic E-state index is 11.9. The van der Waals surface area contributed by atoms with E-state index in [1.54, 1.807) is 0 Å². The van der Waals surface area contributed by atoms with Crippen molar-refractivity contribution in [3.63, 3.8) is 0 Å². The third-order valence-corrected chi connectivity index (χ3v) is 4.21. The lowest BCUT2D eigenvalue weighted by atomic mass is 10.1. The van der Waals surface area contributed by atoms with E-state index in [0.717, 1.165) is 25.9 Å². The third-order valence-electron chi connectivity index (χ3n) is 3.95. The summed E-state index contributed by atoms with van der Waals surface area (Å²) in [5, 5.41) is 0. The van der Waals surface area contributed by atoms with Crippen LogP contribution >= 0.6 is 11.6 Å². The number of hydrogen-bond acceptors (Lipinski definition) is 2. The molecule has 2 heterocycles. The first-order valence-electron chi connectivity index (χ1n) is 6.89. The molecule has 2 aliphatic heterocycles. The molecule has 0 bridgehead atoms. The van der Waals surface area contributed by atoms with Gasteiger partial charge < -0.3 is 4.90 Å². The average Bonchev–Trinajstić information content (AvgIpc) is 2.86. The van der Waals surface area contributed by atoms with Gasteiger partial charge in [0.05, 0.1) is 0 Å². The molecule has 0 saturated carbocycles. The van der Waals surface area contributed by atoms with Crippen molar-refractivity contribution in [2.24, 2.45) is 0 Å². The minimum absolute atomic E-state index is 0.296. The summed E-state index contributed by atoms with van der Waals surface area (Å²) in [4.78, 5) is 16.5. The Labute approximate surface area is 109 Å². The number of piperidine rings is 1. The van der Waals surface area contributed by atoms with E-state index in [-0.39, 0.29) is 0 Å². The Balaban J connectivity index is 1.76. The summed E-state index contributed by atoms with van der Waals surface area (Å²) in [5.41, 5.74) is 0. The van der Waals surface area contributed by atoms with Crippen LogP contribution in [-0.2, 0) is 4.79 Å². The minimum Gasteiger partial charge on any atom is -0.341 e. The van der Waals surface area contributed by atoms with Gasteiger partial charge in [0, 0.05) is 31.4 Å². The molecule has 1 atom stereocenters. The van der Waals surface area contributed by atoms with Crippen LogP contribution in [0, 0.1) is 0 Å². The molecule has 0 N–H and O–H groups in total. The summed E-state index contributed by atoms with van der Waals surface area (Å²) in [6, 6.07) is 0.621. The zero-order chi connectivity index (χ0) is 12.1. The van der Waals surface area contributed by atoms with Gasteiger partial charge in [0.15, 0.2) is 0 Å². The minimum atomic E-state index is 0.296. The van der Waals surface area contributed by atoms with Crippen molar-refractivity contribution >= 4 is 17.5 Å². The molecule has 1 unspecified atom stereocenters. The van der Waals surface area contributed by atoms with E-state index in [4.69, 9.17) is 11.6 Å². The molecule has 0 aliphatic carbocycles. The van der Waals surface area contributed by atoms with Gasteiger partial charge in [-0.1, -0.05) is 6.42 Å². The van der Waals surface area contributed by atoms with Crippen molar-refractivity contribution in [2.75, 3.05) is 32.1 Å². The Morgan fingerprint density at radius 1 is 1.18 bits per heavy atom. The van der Waals surface area contributed by atoms with E-state index in [1.165, 1.54) is 32.4 Å². The summed E-state index contributed by atoms with van der Waals surface area (Å²) in [7, 11) is 0. The van der Waals surface area contributed by atoms with E-state index in [0.29, 0.717) is 24.2 Å². The first-order valence-corrected chi connectivity index (χ1v) is 7.42. The molecule has 2 rings (SSSR count). The van der Waals surface area contributed by atoms with Crippen molar-refractivity contribution < 1.29 is 4.79 Å². The molecule has 98 valence electrons. The zero-order valence-electron chi connectivity index (χ0n) is 10.5. The van der Waals surface area contributed by atoms with Crippen LogP contribution < -0.4 is 0 Å². The quantitative estimate of drug-likeness (QED) is 0.721. The molecule has 0 radical (unpaired) electrons. The van der Waals surface area contributed by atoms with Gasteiger partial charge in [0.25, 0.3) is 0 Å². The molecule has 0 aromatic heterocycles. The van der Waals surface area contributed by atoms with Gasteiger partial charge in [-0.3, -0.25) is 9.69 Å². The Morgan fingerprint density at radius 2 is 1.94 bits per heavy atom. The monoisotopic (exact) mass is 258 g/mol. The Bertz CT molecular complexity index is 254. The van der Waals surface area contributed by atoms with Crippen LogP contribution in [0.3, 0.4) is 0 Å². The normalized spacial score (nSPS) is 26.4. The first-order chi connectivity index (χ1) is 8.31. The van der Waals surface area contributed by atoms with E-state index in [2.05, 4.69) is 4.90 Å². The van der Waals surface area contributed by atoms with Gasteiger partial charge in [0.1, 0.15) is 0 Å². The highest BCUT2D eigenvalue weighted by Gasteiger charge is 2.30. The molecular formula is C13H23ClN2O. The molecule has 0 aromatic rings. The number of halogens is 1. The van der Waals surface area contributed by atoms with E-state index in [1.807, 2.05) is 4.90 Å². The number of hydrogen-bond donors (Lipinski definition) is 0. The highest BCUT2D eigenvalue weighted by atomic mass is 35.5. The number of likely N-dealkylation sites (tertiary alicyclic amines) is 2. The Kier molecular flexibility index (Phi) is 5.11. The second-order valence-electron chi connectivity index (χ2n) is 5.17. The van der Waals surface area contributed by atoms with Crippen LogP contribution in [0.15, 0.2) is 0 Å². The standard InChI is InChI=1S/C13H23ClN2O/c14-7-4-5-13(17)16-10-6-12(11-16)15-8-2-1-3-9-15/h12H,1-11H2. The van der Waals surface area contributed by atoms with Gasteiger partial charge in [-0.2, -0.15) is 0 Å². The lowest BCUT2D eigenvalue weighted by molar-refractivity contribution is -0.130. The molecule has 4 heteroatoms. The van der Waals surface area contributed by atoms with Gasteiger partial charge in [-0.05, 0) is 38.8 Å². The smallest absolute Gasteiger partial charge is 0.222 e. The van der Waals surface area contributed by atoms with Gasteiger partial charge >= 0.3 is 0 Å². The highest BCUT2D eigenvalue weighted by molar-refractivity contribution is 6.17. The lowest BCUT2D eigenvalue weighted by Crippen LogP contribution is -2.41. The van der Waals surface area contributed by atoms with Gasteiger partial charge in [-0.25, -0.2) is 0 Å². The number of carbonyl (C=O) groups excluding carboxylic acids is 1. The number of alkyl halides is 1. The number of nitrogens with zero attached hydrogens (tertiary/aromatic N) is 2. The maximum Gasteiger partial charge on any atom is 0.222 e. The zero-order valence-corrected chi connectivity index (χ0v) is 11.3. The van der Waals surface area contributed by atoms with Crippen LogP contribution in [0.2, 0.25) is 0 Å². The fourth-order valence-corrected chi connectivity index (χ4v) is 3.06. The predicted octanol–water partition coefficient (Wildman–Crippen LogP) is 2.09. The predicted molar refractivity (Wildman–Crippen MR) is 70.4 cm³/mol. The van der Waals surface area contributed by atoms with Crippen LogP contribution in [0.1, 0.15) is 38.5 Å². The topological polar surface area (TPSA) is 23.6 Å². The fraction of sp³-hybridized carbons (Fsp3) is 0.923. The third kappa shape index (κ3) is 3.59. The number of carbonyl (C=O) groups is 1. The van der Waals surface area contributed by atoms with Gasteiger partial charge in [0.2, 0.25) is 5.91 Å². The van der Waals surface area contributed by atoms with Crippen molar-refractivity contribution in [3.8, 4) is 0 Å². The number of rotatable bonds is 4. The van der Waals surface area contributed by atoms with E-state index in [9.17, 15) is 4.79 Å². The maximum absolute atomic E-state index is 11.9. The summed E-state index contributed by atoms with van der Waals surface area (Å²) < 4.78 is 0.